The second-order valence-corrected chi connectivity index (χ2v) is 5.30. The molecule has 0 amide bonds. The maximum atomic E-state index is 5.20. The van der Waals surface area contributed by atoms with Crippen LogP contribution in [0.2, 0.25) is 0 Å². The van der Waals surface area contributed by atoms with Crippen LogP contribution in [0.1, 0.15) is 6.92 Å². The van der Waals surface area contributed by atoms with Crippen LogP contribution in [0.5, 0.6) is 5.75 Å². The van der Waals surface area contributed by atoms with Gasteiger partial charge in [0.15, 0.2) is 5.82 Å². The molecular weight excluding hydrogens is 296 g/mol. The number of ether oxygens (including phenoxy) is 1. The molecule has 0 spiro atoms. The molecule has 3 aromatic rings. The highest BCUT2D eigenvalue weighted by molar-refractivity contribution is 7.99. The van der Waals surface area contributed by atoms with E-state index < -0.39 is 0 Å². The van der Waals surface area contributed by atoms with E-state index >= 15 is 0 Å². The van der Waals surface area contributed by atoms with Crippen molar-refractivity contribution in [2.24, 2.45) is 0 Å². The lowest BCUT2D eigenvalue weighted by Gasteiger charge is -2.01. The van der Waals surface area contributed by atoms with Crippen LogP contribution in [0.3, 0.4) is 0 Å². The van der Waals surface area contributed by atoms with Crippen LogP contribution in [0.4, 0.5) is 0 Å². The first-order valence-corrected chi connectivity index (χ1v) is 7.00. The number of thioether (sulfide) groups is 1. The summed E-state index contributed by atoms with van der Waals surface area (Å²) in [5.74, 6) is 2.68. The molecule has 7 heteroatoms. The first kappa shape index (κ1) is 14.7. The van der Waals surface area contributed by atoms with Crippen molar-refractivity contribution in [3.05, 3.63) is 30.6 Å². The van der Waals surface area contributed by atoms with Crippen molar-refractivity contribution in [2.75, 3.05) is 12.9 Å². The molecule has 2 aromatic heterocycles. The average molecular weight is 311 g/mol. The van der Waals surface area contributed by atoms with E-state index in [1.165, 1.54) is 0 Å². The Hall–Kier alpha value is -1.66. The summed E-state index contributed by atoms with van der Waals surface area (Å²) in [5, 5.41) is 8.40. The molecule has 0 aliphatic rings. The third-order valence-corrected chi connectivity index (χ3v) is 3.65. The smallest absolute Gasteiger partial charge is 0.161 e. The van der Waals surface area contributed by atoms with Gasteiger partial charge in [0, 0.05) is 12.1 Å². The molecule has 1 N–H and O–H groups in total. The van der Waals surface area contributed by atoms with Crippen molar-refractivity contribution >= 4 is 35.2 Å². The molecule has 0 aliphatic heterocycles. The maximum Gasteiger partial charge on any atom is 0.161 e. The van der Waals surface area contributed by atoms with Gasteiger partial charge in [0.2, 0.25) is 0 Å². The third kappa shape index (κ3) is 2.62. The van der Waals surface area contributed by atoms with Crippen molar-refractivity contribution in [3.63, 3.8) is 0 Å². The number of H-pyrrole nitrogens is 1. The molecule has 5 nitrogen and oxygen atoms in total. The number of methoxy groups -OCH3 is 1. The minimum absolute atomic E-state index is 0. The van der Waals surface area contributed by atoms with E-state index in [2.05, 4.69) is 22.1 Å². The van der Waals surface area contributed by atoms with Gasteiger partial charge in [-0.15, -0.1) is 24.2 Å². The van der Waals surface area contributed by atoms with E-state index in [4.69, 9.17) is 4.74 Å². The normalized spacial score (nSPS) is 10.5. The Balaban J connectivity index is 0.00000147. The molecule has 106 valence electrons. The standard InChI is InChI=1S/C13H14N4OS.ClH/c1-3-19-13-7-12(15-16-13)17-8-14-10-6-9(18-2)4-5-11(10)17;/h4-8H,3H2,1-2H3,(H,15,16);1H. The fourth-order valence-electron chi connectivity index (χ4n) is 1.95. The molecule has 1 aromatic carbocycles. The molecule has 0 radical (unpaired) electrons. The van der Waals surface area contributed by atoms with Gasteiger partial charge in [0.25, 0.3) is 0 Å². The Labute approximate surface area is 127 Å². The van der Waals surface area contributed by atoms with Crippen LogP contribution in [0.15, 0.2) is 35.6 Å². The fraction of sp³-hybridized carbons (Fsp3) is 0.231. The van der Waals surface area contributed by atoms with E-state index in [0.717, 1.165) is 33.4 Å². The first-order chi connectivity index (χ1) is 9.31. The van der Waals surface area contributed by atoms with Gasteiger partial charge in [-0.3, -0.25) is 9.67 Å². The molecule has 0 fully saturated rings. The molecule has 20 heavy (non-hydrogen) atoms. The van der Waals surface area contributed by atoms with Gasteiger partial charge in [-0.1, -0.05) is 6.92 Å². The average Bonchev–Trinajstić information content (AvgIpc) is 3.04. The highest BCUT2D eigenvalue weighted by atomic mass is 35.5. The van der Waals surface area contributed by atoms with Crippen LogP contribution in [0.25, 0.3) is 16.9 Å². The molecule has 2 heterocycles. The number of imidazole rings is 1. The highest BCUT2D eigenvalue weighted by Crippen LogP contribution is 2.23. The predicted octanol–water partition coefficient (Wildman–Crippen LogP) is 3.29. The molecule has 3 rings (SSSR count). The Morgan fingerprint density at radius 1 is 1.35 bits per heavy atom. The topological polar surface area (TPSA) is 55.7 Å². The van der Waals surface area contributed by atoms with Crippen molar-refractivity contribution in [2.45, 2.75) is 11.9 Å². The van der Waals surface area contributed by atoms with Crippen molar-refractivity contribution in [3.8, 4) is 11.6 Å². The Bertz CT molecular complexity index is 709. The van der Waals surface area contributed by atoms with Gasteiger partial charge < -0.3 is 4.74 Å². The molecule has 0 bridgehead atoms. The minimum atomic E-state index is 0. The number of hydrogen-bond acceptors (Lipinski definition) is 4. The van der Waals surface area contributed by atoms with Crippen molar-refractivity contribution in [1.29, 1.82) is 0 Å². The van der Waals surface area contributed by atoms with Crippen LogP contribution in [-0.4, -0.2) is 32.6 Å². The maximum absolute atomic E-state index is 5.20. The number of aromatic nitrogens is 4. The summed E-state index contributed by atoms with van der Waals surface area (Å²) >= 11 is 1.73. The lowest BCUT2D eigenvalue weighted by Crippen LogP contribution is -1.92. The molecular formula is C13H15ClN4OS. The van der Waals surface area contributed by atoms with Gasteiger partial charge >= 0.3 is 0 Å². The number of rotatable bonds is 4. The summed E-state index contributed by atoms with van der Waals surface area (Å²) < 4.78 is 7.16. The molecule has 0 atom stereocenters. The van der Waals surface area contributed by atoms with Crippen molar-refractivity contribution < 1.29 is 4.74 Å². The van der Waals surface area contributed by atoms with E-state index in [1.54, 1.807) is 25.2 Å². The van der Waals surface area contributed by atoms with E-state index in [1.807, 2.05) is 28.8 Å². The van der Waals surface area contributed by atoms with Crippen molar-refractivity contribution in [1.82, 2.24) is 19.7 Å². The third-order valence-electron chi connectivity index (χ3n) is 2.84. The van der Waals surface area contributed by atoms with Gasteiger partial charge in [0.05, 0.1) is 23.2 Å². The second kappa shape index (κ2) is 6.19. The largest absolute Gasteiger partial charge is 0.497 e. The van der Waals surface area contributed by atoms with E-state index in [9.17, 15) is 0 Å². The number of aromatic amines is 1. The first-order valence-electron chi connectivity index (χ1n) is 6.01. The number of fused-ring (bicyclic) bond motifs is 1. The number of nitrogens with one attached hydrogen (secondary N) is 1. The van der Waals surface area contributed by atoms with Gasteiger partial charge in [-0.2, -0.15) is 5.10 Å². The highest BCUT2D eigenvalue weighted by Gasteiger charge is 2.08. The summed E-state index contributed by atoms with van der Waals surface area (Å²) in [6.45, 7) is 2.12. The lowest BCUT2D eigenvalue weighted by atomic mass is 10.3. The SMILES string of the molecule is CCSc1cc(-n2cnc3cc(OC)ccc32)n[nH]1.Cl. The Kier molecular flexibility index (Phi) is 4.57. The zero-order valence-electron chi connectivity index (χ0n) is 11.2. The van der Waals surface area contributed by atoms with Gasteiger partial charge in [-0.25, -0.2) is 4.98 Å². The Morgan fingerprint density at radius 3 is 2.95 bits per heavy atom. The number of hydrogen-bond donors (Lipinski definition) is 1. The van der Waals surface area contributed by atoms with Gasteiger partial charge in [-0.05, 0) is 17.9 Å². The molecule has 0 aliphatic carbocycles. The second-order valence-electron chi connectivity index (χ2n) is 3.99. The molecule has 0 saturated heterocycles. The summed E-state index contributed by atoms with van der Waals surface area (Å²) in [6.07, 6.45) is 1.78. The monoisotopic (exact) mass is 310 g/mol. The predicted molar refractivity (Wildman–Crippen MR) is 83.4 cm³/mol. The quantitative estimate of drug-likeness (QED) is 0.751. The molecule has 0 unspecified atom stereocenters. The lowest BCUT2D eigenvalue weighted by molar-refractivity contribution is 0.415. The van der Waals surface area contributed by atoms with Crippen LogP contribution < -0.4 is 4.74 Å². The summed E-state index contributed by atoms with van der Waals surface area (Å²) in [4.78, 5) is 4.38. The number of nitrogens with zero attached hydrogens (tertiary/aromatic N) is 3. The zero-order valence-corrected chi connectivity index (χ0v) is 12.8. The van der Waals surface area contributed by atoms with Crippen LogP contribution in [0, 0.1) is 0 Å². The van der Waals surface area contributed by atoms with E-state index in [0.29, 0.717) is 0 Å². The summed E-state index contributed by atoms with van der Waals surface area (Å²) in [5.41, 5.74) is 1.91. The number of benzene rings is 1. The summed E-state index contributed by atoms with van der Waals surface area (Å²) in [6, 6.07) is 7.86. The van der Waals surface area contributed by atoms with Gasteiger partial charge in [0.1, 0.15) is 12.1 Å². The summed E-state index contributed by atoms with van der Waals surface area (Å²) in [7, 11) is 1.65. The van der Waals surface area contributed by atoms with Crippen LogP contribution in [-0.2, 0) is 0 Å². The van der Waals surface area contributed by atoms with E-state index in [-0.39, 0.29) is 12.4 Å². The molecule has 0 saturated carbocycles. The number of halogens is 1. The fourth-order valence-corrected chi connectivity index (χ4v) is 2.56. The Morgan fingerprint density at radius 2 is 2.20 bits per heavy atom. The zero-order chi connectivity index (χ0) is 13.2. The van der Waals surface area contributed by atoms with Crippen LogP contribution >= 0.6 is 24.2 Å². The minimum Gasteiger partial charge on any atom is -0.497 e.